The van der Waals surface area contributed by atoms with Gasteiger partial charge in [0.2, 0.25) is 0 Å². The molecule has 0 fully saturated rings. The zero-order chi connectivity index (χ0) is 13.4. The molecule has 0 amide bonds. The van der Waals surface area contributed by atoms with Crippen molar-refractivity contribution < 1.29 is 19.4 Å². The van der Waals surface area contributed by atoms with Gasteiger partial charge in [0.1, 0.15) is 6.61 Å². The van der Waals surface area contributed by atoms with Crippen molar-refractivity contribution in [2.75, 3.05) is 6.61 Å². The Morgan fingerprint density at radius 1 is 1.22 bits per heavy atom. The monoisotopic (exact) mass is 246 g/mol. The Morgan fingerprint density at radius 2 is 1.83 bits per heavy atom. The largest absolute Gasteiger partial charge is 0.478 e. The standard InChI is InChI=1S/C14H14O4/c1-11(15)18-10-4-7-12-5-2-3-6-13(12)8-9-14(16)17/h2-9H,10H2,1H3,(H,16,17)/b7-4+,9-8?. The minimum absolute atomic E-state index is 0.201. The first-order valence-corrected chi connectivity index (χ1v) is 5.39. The SMILES string of the molecule is CC(=O)OC/C=C/c1ccccc1C=CC(=O)O. The van der Waals surface area contributed by atoms with Crippen LogP contribution in [0.15, 0.2) is 36.4 Å². The van der Waals surface area contributed by atoms with Crippen molar-refractivity contribution >= 4 is 24.1 Å². The van der Waals surface area contributed by atoms with Crippen LogP contribution in [-0.2, 0) is 14.3 Å². The highest BCUT2D eigenvalue weighted by atomic mass is 16.5. The number of carboxylic acids is 1. The Balaban J connectivity index is 2.76. The van der Waals surface area contributed by atoms with Gasteiger partial charge in [-0.2, -0.15) is 0 Å². The van der Waals surface area contributed by atoms with Gasteiger partial charge in [-0.1, -0.05) is 30.3 Å². The van der Waals surface area contributed by atoms with E-state index >= 15 is 0 Å². The smallest absolute Gasteiger partial charge is 0.328 e. The van der Waals surface area contributed by atoms with Crippen molar-refractivity contribution in [1.29, 1.82) is 0 Å². The van der Waals surface area contributed by atoms with Gasteiger partial charge in [0.15, 0.2) is 0 Å². The summed E-state index contributed by atoms with van der Waals surface area (Å²) in [5, 5.41) is 8.58. The van der Waals surface area contributed by atoms with Crippen molar-refractivity contribution in [3.63, 3.8) is 0 Å². The Bertz CT molecular complexity index is 486. The Hall–Kier alpha value is -2.36. The number of benzene rings is 1. The number of rotatable bonds is 5. The molecule has 0 aliphatic carbocycles. The molecule has 0 aliphatic heterocycles. The molecule has 0 bridgehead atoms. The third-order valence-electron chi connectivity index (χ3n) is 2.08. The average Bonchev–Trinajstić information content (AvgIpc) is 2.33. The summed E-state index contributed by atoms with van der Waals surface area (Å²) in [7, 11) is 0. The summed E-state index contributed by atoms with van der Waals surface area (Å²) in [5.74, 6) is -1.33. The molecule has 0 saturated heterocycles. The second-order valence-corrected chi connectivity index (χ2v) is 3.51. The molecule has 1 aromatic carbocycles. The maximum absolute atomic E-state index is 10.6. The normalized spacial score (nSPS) is 10.9. The lowest BCUT2D eigenvalue weighted by atomic mass is 10.1. The zero-order valence-corrected chi connectivity index (χ0v) is 10.00. The summed E-state index contributed by atoms with van der Waals surface area (Å²) in [4.78, 5) is 21.0. The molecule has 1 N–H and O–H groups in total. The molecule has 0 radical (unpaired) electrons. The lowest BCUT2D eigenvalue weighted by molar-refractivity contribution is -0.139. The van der Waals surface area contributed by atoms with Crippen LogP contribution in [0.3, 0.4) is 0 Å². The minimum atomic E-state index is -0.992. The highest BCUT2D eigenvalue weighted by Crippen LogP contribution is 2.12. The molecule has 94 valence electrons. The summed E-state index contributed by atoms with van der Waals surface area (Å²) in [6, 6.07) is 7.34. The van der Waals surface area contributed by atoms with E-state index in [0.29, 0.717) is 0 Å². The topological polar surface area (TPSA) is 63.6 Å². The Morgan fingerprint density at radius 3 is 2.39 bits per heavy atom. The molecule has 1 aromatic rings. The fraction of sp³-hybridized carbons (Fsp3) is 0.143. The van der Waals surface area contributed by atoms with E-state index in [1.807, 2.05) is 24.3 Å². The lowest BCUT2D eigenvalue weighted by Crippen LogP contribution is -1.97. The number of carboxylic acid groups (broad SMARTS) is 1. The van der Waals surface area contributed by atoms with Crippen LogP contribution >= 0.6 is 0 Å². The van der Waals surface area contributed by atoms with Crippen LogP contribution in [0.2, 0.25) is 0 Å². The maximum Gasteiger partial charge on any atom is 0.328 e. The zero-order valence-electron chi connectivity index (χ0n) is 10.00. The van der Waals surface area contributed by atoms with Crippen molar-refractivity contribution in [3.05, 3.63) is 47.5 Å². The first-order valence-electron chi connectivity index (χ1n) is 5.39. The summed E-state index contributed by atoms with van der Waals surface area (Å²) in [6.07, 6.45) is 6.09. The Labute approximate surface area is 105 Å². The summed E-state index contributed by atoms with van der Waals surface area (Å²) < 4.78 is 4.76. The molecule has 0 aliphatic rings. The molecule has 1 rings (SSSR count). The van der Waals surface area contributed by atoms with E-state index < -0.39 is 5.97 Å². The van der Waals surface area contributed by atoms with Crippen LogP contribution in [0.25, 0.3) is 12.2 Å². The highest BCUT2D eigenvalue weighted by Gasteiger charge is 1.95. The van der Waals surface area contributed by atoms with E-state index in [4.69, 9.17) is 9.84 Å². The number of carbonyl (C=O) groups excluding carboxylic acids is 1. The van der Waals surface area contributed by atoms with E-state index in [1.54, 1.807) is 12.2 Å². The predicted octanol–water partition coefficient (Wildman–Crippen LogP) is 2.36. The maximum atomic E-state index is 10.6. The van der Waals surface area contributed by atoms with E-state index in [2.05, 4.69) is 0 Å². The lowest BCUT2D eigenvalue weighted by Gasteiger charge is -2.00. The quantitative estimate of drug-likeness (QED) is 0.640. The highest BCUT2D eigenvalue weighted by molar-refractivity contribution is 5.86. The van der Waals surface area contributed by atoms with E-state index in [9.17, 15) is 9.59 Å². The first kappa shape index (κ1) is 13.7. The van der Waals surface area contributed by atoms with Crippen LogP contribution in [-0.4, -0.2) is 23.7 Å². The van der Waals surface area contributed by atoms with Crippen molar-refractivity contribution in [3.8, 4) is 0 Å². The number of hydrogen-bond acceptors (Lipinski definition) is 3. The fourth-order valence-electron chi connectivity index (χ4n) is 1.32. The van der Waals surface area contributed by atoms with Crippen molar-refractivity contribution in [1.82, 2.24) is 0 Å². The molecule has 4 heteroatoms. The van der Waals surface area contributed by atoms with Gasteiger partial charge in [-0.3, -0.25) is 4.79 Å². The average molecular weight is 246 g/mol. The fourth-order valence-corrected chi connectivity index (χ4v) is 1.32. The molecule has 0 saturated carbocycles. The summed E-state index contributed by atoms with van der Waals surface area (Å²) in [6.45, 7) is 1.55. The third kappa shape index (κ3) is 5.12. The van der Waals surface area contributed by atoms with Crippen LogP contribution in [0.1, 0.15) is 18.1 Å². The van der Waals surface area contributed by atoms with Gasteiger partial charge < -0.3 is 9.84 Å². The van der Waals surface area contributed by atoms with Gasteiger partial charge in [0.05, 0.1) is 0 Å². The molecule has 0 heterocycles. The van der Waals surface area contributed by atoms with Crippen LogP contribution in [0, 0.1) is 0 Å². The third-order valence-corrected chi connectivity index (χ3v) is 2.08. The molecule has 0 atom stereocenters. The van der Waals surface area contributed by atoms with Crippen LogP contribution in [0.4, 0.5) is 0 Å². The van der Waals surface area contributed by atoms with Gasteiger partial charge in [0.25, 0.3) is 0 Å². The second-order valence-electron chi connectivity index (χ2n) is 3.51. The first-order chi connectivity index (χ1) is 8.59. The van der Waals surface area contributed by atoms with Crippen molar-refractivity contribution in [2.24, 2.45) is 0 Å². The predicted molar refractivity (Wildman–Crippen MR) is 68.8 cm³/mol. The minimum Gasteiger partial charge on any atom is -0.478 e. The number of aliphatic carboxylic acids is 1. The van der Waals surface area contributed by atoms with Gasteiger partial charge in [-0.15, -0.1) is 0 Å². The van der Waals surface area contributed by atoms with Crippen LogP contribution < -0.4 is 0 Å². The van der Waals surface area contributed by atoms with Gasteiger partial charge >= 0.3 is 11.9 Å². The van der Waals surface area contributed by atoms with E-state index in [1.165, 1.54) is 13.0 Å². The van der Waals surface area contributed by atoms with Crippen molar-refractivity contribution in [2.45, 2.75) is 6.92 Å². The molecule has 18 heavy (non-hydrogen) atoms. The molecule has 4 nitrogen and oxygen atoms in total. The van der Waals surface area contributed by atoms with Gasteiger partial charge in [-0.25, -0.2) is 4.79 Å². The number of carbonyl (C=O) groups is 2. The number of hydrogen-bond donors (Lipinski definition) is 1. The summed E-state index contributed by atoms with van der Waals surface area (Å²) >= 11 is 0. The number of ether oxygens (including phenoxy) is 1. The molecule has 0 spiro atoms. The Kier molecular flexibility index (Phi) is 5.38. The van der Waals surface area contributed by atoms with E-state index in [-0.39, 0.29) is 12.6 Å². The molecule has 0 unspecified atom stereocenters. The van der Waals surface area contributed by atoms with E-state index in [0.717, 1.165) is 17.2 Å². The van der Waals surface area contributed by atoms with Crippen LogP contribution in [0.5, 0.6) is 0 Å². The molecular formula is C14H14O4. The molecular weight excluding hydrogens is 232 g/mol. The number of esters is 1. The molecule has 0 aromatic heterocycles. The van der Waals surface area contributed by atoms with Gasteiger partial charge in [0, 0.05) is 13.0 Å². The van der Waals surface area contributed by atoms with Gasteiger partial charge in [-0.05, 0) is 23.3 Å². The second kappa shape index (κ2) is 7.06. The summed E-state index contributed by atoms with van der Waals surface area (Å²) in [5.41, 5.74) is 1.65.